The highest BCUT2D eigenvalue weighted by Crippen LogP contribution is 2.68. The third-order valence-corrected chi connectivity index (χ3v) is 15.5. The Morgan fingerprint density at radius 3 is 2.43 bits per heavy atom. The number of esters is 2. The Hall–Kier alpha value is -4.27. The smallest absolute Gasteiger partial charge is 0.342 e. The van der Waals surface area contributed by atoms with E-state index in [0.29, 0.717) is 94.7 Å². The van der Waals surface area contributed by atoms with Gasteiger partial charge in [-0.1, -0.05) is 44.2 Å². The quantitative estimate of drug-likeness (QED) is 0.174. The molecule has 13 heteroatoms. The highest BCUT2D eigenvalue weighted by molar-refractivity contribution is 5.96. The molecule has 58 heavy (non-hydrogen) atoms. The second kappa shape index (κ2) is 13.6. The number of aliphatic hydroxyl groups is 2. The molecule has 6 heterocycles. The number of ether oxygens (including phenoxy) is 4. The van der Waals surface area contributed by atoms with Gasteiger partial charge in [0, 0.05) is 78.4 Å². The van der Waals surface area contributed by atoms with E-state index in [-0.39, 0.29) is 12.0 Å². The van der Waals surface area contributed by atoms with Crippen LogP contribution in [0.4, 0.5) is 5.69 Å². The summed E-state index contributed by atoms with van der Waals surface area (Å²) < 4.78 is 23.9. The molecule has 0 radical (unpaired) electrons. The number of carbonyl (C=O) groups is 3. The number of hydrogen-bond acceptors (Lipinski definition) is 11. The summed E-state index contributed by atoms with van der Waals surface area (Å²) in [6.45, 7) is 7.27. The number of fused-ring (bicyclic) bond motifs is 6. The van der Waals surface area contributed by atoms with Gasteiger partial charge >= 0.3 is 11.9 Å². The fourth-order valence-electron chi connectivity index (χ4n) is 13.4. The maximum atomic E-state index is 15.3. The van der Waals surface area contributed by atoms with Crippen molar-refractivity contribution in [3.8, 4) is 5.75 Å². The van der Waals surface area contributed by atoms with Crippen molar-refractivity contribution in [1.29, 1.82) is 0 Å². The van der Waals surface area contributed by atoms with Gasteiger partial charge in [0.25, 0.3) is 0 Å². The first-order chi connectivity index (χ1) is 27.9. The minimum Gasteiger partial charge on any atom is -0.496 e. The van der Waals surface area contributed by atoms with Crippen LogP contribution >= 0.6 is 0 Å². The van der Waals surface area contributed by atoms with Gasteiger partial charge in [0.2, 0.25) is 12.0 Å². The molecule has 9 rings (SSSR count). The highest BCUT2D eigenvalue weighted by Gasteiger charge is 2.80. The van der Waals surface area contributed by atoms with Gasteiger partial charge in [0.1, 0.15) is 17.3 Å². The van der Waals surface area contributed by atoms with Gasteiger partial charge in [-0.2, -0.15) is 0 Å². The number of carbonyl (C=O) groups excluding carboxylic acids is 3. The van der Waals surface area contributed by atoms with E-state index < -0.39 is 51.5 Å². The molecule has 310 valence electrons. The van der Waals surface area contributed by atoms with Crippen LogP contribution in [0.15, 0.2) is 48.6 Å². The van der Waals surface area contributed by atoms with Crippen LogP contribution in [-0.2, 0) is 45.8 Å². The summed E-state index contributed by atoms with van der Waals surface area (Å²) in [7, 11) is 5.72. The SMILES string of the molecule is CC[C@]1(O)C[C@@H]2CN(CCc3c([nH]c4ccccc34)[C@@](C(=O)OC)(c3cc4c(cc3OC)N(C=O)[C@H]3[C@@](O)(C(=O)OC)[C@H](OC)[C@]5(CC)C=CCN6CC[C@]43[C@@H]65)C2)C1. The summed E-state index contributed by atoms with van der Waals surface area (Å²) in [5.41, 5.74) is -2.16. The monoisotopic (exact) mass is 796 g/mol. The van der Waals surface area contributed by atoms with Gasteiger partial charge in [0.15, 0.2) is 0 Å². The minimum absolute atomic E-state index is 0.120. The number of aromatic nitrogens is 1. The molecular weight excluding hydrogens is 741 g/mol. The second-order valence-corrected chi connectivity index (χ2v) is 17.7. The lowest BCUT2D eigenvalue weighted by molar-refractivity contribution is -0.224. The third kappa shape index (κ3) is 4.85. The molecule has 10 atom stereocenters. The lowest BCUT2D eigenvalue weighted by Crippen LogP contribution is -2.81. The molecule has 2 bridgehead atoms. The number of H-pyrrole nitrogens is 1. The number of aromatic amines is 1. The molecule has 1 unspecified atom stereocenters. The van der Waals surface area contributed by atoms with Crippen LogP contribution in [0.5, 0.6) is 5.75 Å². The topological polar surface area (TPSA) is 154 Å². The Balaban J connectivity index is 1.38. The van der Waals surface area contributed by atoms with Crippen LogP contribution in [0.2, 0.25) is 0 Å². The first-order valence-electron chi connectivity index (χ1n) is 20.8. The van der Waals surface area contributed by atoms with E-state index in [1.807, 2.05) is 38.1 Å². The number of nitrogens with one attached hydrogen (secondary N) is 1. The standard InChI is InChI=1S/C45H56N4O9/c1-7-41(53)22-27-23-44(39(51)57-5,35-29(14-18-47(24-27)25-41)28-12-9-10-13-32(28)46-35)31-20-30-33(21-34(31)55-3)49(26-50)37-43(30)16-19-48-17-11-15-42(8-2,36(43)48)38(56-4)45(37,54)40(52)58-6/h9-13,15,20-21,26-27,36-38,46,53-54H,7-8,14,16-19,22-25H2,1-6H3/t27-,36-,37+,38+,41-,42+,43+,44-,45-/m0/s1. The van der Waals surface area contributed by atoms with Crippen molar-refractivity contribution in [2.45, 2.75) is 92.6 Å². The van der Waals surface area contributed by atoms with E-state index in [2.05, 4.69) is 33.0 Å². The number of anilines is 1. The predicted octanol–water partition coefficient (Wildman–Crippen LogP) is 3.60. The largest absolute Gasteiger partial charge is 0.496 e. The van der Waals surface area contributed by atoms with Gasteiger partial charge in [-0.25, -0.2) is 4.79 Å². The van der Waals surface area contributed by atoms with Crippen LogP contribution in [0.25, 0.3) is 10.9 Å². The van der Waals surface area contributed by atoms with E-state index in [0.717, 1.165) is 27.7 Å². The summed E-state index contributed by atoms with van der Waals surface area (Å²) >= 11 is 0. The van der Waals surface area contributed by atoms with Crippen LogP contribution in [0.1, 0.15) is 68.3 Å². The summed E-state index contributed by atoms with van der Waals surface area (Å²) in [5, 5.41) is 26.2. The van der Waals surface area contributed by atoms with E-state index in [4.69, 9.17) is 18.9 Å². The molecule has 2 aromatic carbocycles. The average molecular weight is 797 g/mol. The Kier molecular flexibility index (Phi) is 9.22. The fourth-order valence-corrected chi connectivity index (χ4v) is 13.4. The molecule has 3 aromatic rings. The molecule has 5 aliphatic heterocycles. The Bertz CT molecular complexity index is 2210. The van der Waals surface area contributed by atoms with Gasteiger partial charge in [0.05, 0.1) is 38.7 Å². The molecule has 1 saturated carbocycles. The van der Waals surface area contributed by atoms with Crippen LogP contribution in [-0.4, -0.2) is 134 Å². The lowest BCUT2D eigenvalue weighted by atomic mass is 9.47. The Morgan fingerprint density at radius 1 is 0.966 bits per heavy atom. The van der Waals surface area contributed by atoms with Crippen molar-refractivity contribution in [2.24, 2.45) is 11.3 Å². The van der Waals surface area contributed by atoms with Crippen LogP contribution < -0.4 is 9.64 Å². The molecule has 3 N–H and O–H groups in total. The molecule has 2 saturated heterocycles. The van der Waals surface area contributed by atoms with Gasteiger partial charge in [-0.05, 0) is 74.2 Å². The van der Waals surface area contributed by atoms with Crippen LogP contribution in [0.3, 0.4) is 0 Å². The minimum atomic E-state index is -2.29. The summed E-state index contributed by atoms with van der Waals surface area (Å²) in [6.07, 6.45) is 6.84. The number of benzene rings is 2. The zero-order valence-electron chi connectivity index (χ0n) is 34.4. The van der Waals surface area contributed by atoms with Gasteiger partial charge < -0.3 is 39.0 Å². The van der Waals surface area contributed by atoms with Crippen molar-refractivity contribution >= 4 is 34.9 Å². The Morgan fingerprint density at radius 2 is 1.74 bits per heavy atom. The number of hydrogen-bond donors (Lipinski definition) is 3. The maximum absolute atomic E-state index is 15.3. The molecule has 1 aliphatic carbocycles. The molecule has 1 amide bonds. The van der Waals surface area contributed by atoms with E-state index in [1.54, 1.807) is 13.2 Å². The van der Waals surface area contributed by atoms with Crippen molar-refractivity contribution < 1.29 is 43.5 Å². The molecular formula is C45H56N4O9. The van der Waals surface area contributed by atoms with E-state index >= 15 is 4.79 Å². The summed E-state index contributed by atoms with van der Waals surface area (Å²) in [4.78, 5) is 53.1. The number of para-hydroxylation sites is 1. The first kappa shape index (κ1) is 39.2. The summed E-state index contributed by atoms with van der Waals surface area (Å²) in [5.74, 6) is -1.11. The molecule has 1 spiro atoms. The number of amides is 1. The normalized spacial score (nSPS) is 37.4. The maximum Gasteiger partial charge on any atom is 0.342 e. The fraction of sp³-hybridized carbons (Fsp3) is 0.578. The van der Waals surface area contributed by atoms with Crippen molar-refractivity contribution in [2.75, 3.05) is 66.1 Å². The number of methoxy groups -OCH3 is 4. The van der Waals surface area contributed by atoms with E-state index in [1.165, 1.54) is 26.2 Å². The molecule has 3 fully saturated rings. The third-order valence-electron chi connectivity index (χ3n) is 15.5. The van der Waals surface area contributed by atoms with Gasteiger partial charge in [-0.15, -0.1) is 0 Å². The second-order valence-electron chi connectivity index (χ2n) is 17.7. The van der Waals surface area contributed by atoms with Gasteiger partial charge in [-0.3, -0.25) is 19.4 Å². The molecule has 6 aliphatic rings. The van der Waals surface area contributed by atoms with Crippen molar-refractivity contribution in [1.82, 2.24) is 14.8 Å². The Labute approximate surface area is 339 Å². The zero-order chi connectivity index (χ0) is 41.0. The number of rotatable bonds is 8. The highest BCUT2D eigenvalue weighted by atomic mass is 16.6. The van der Waals surface area contributed by atoms with Crippen molar-refractivity contribution in [3.63, 3.8) is 0 Å². The number of nitrogens with zero attached hydrogens (tertiary/aromatic N) is 3. The molecule has 13 nitrogen and oxygen atoms in total. The first-order valence-corrected chi connectivity index (χ1v) is 20.8. The van der Waals surface area contributed by atoms with E-state index in [9.17, 15) is 19.8 Å². The predicted molar refractivity (Wildman–Crippen MR) is 216 cm³/mol. The summed E-state index contributed by atoms with van der Waals surface area (Å²) in [6, 6.07) is 10.5. The average Bonchev–Trinajstić information content (AvgIpc) is 3.91. The molecule has 1 aromatic heterocycles. The number of piperidine rings is 1. The lowest BCUT2D eigenvalue weighted by Gasteiger charge is -2.63. The van der Waals surface area contributed by atoms with Crippen LogP contribution in [0, 0.1) is 11.3 Å². The van der Waals surface area contributed by atoms with Crippen molar-refractivity contribution in [3.05, 3.63) is 70.9 Å². The zero-order valence-corrected chi connectivity index (χ0v) is 34.4.